The monoisotopic (exact) mass is 409 g/mol. The predicted octanol–water partition coefficient (Wildman–Crippen LogP) is 1.48. The van der Waals surface area contributed by atoms with Gasteiger partial charge in [-0.1, -0.05) is 12.1 Å². The number of hydrogen-bond donors (Lipinski definition) is 3. The topological polar surface area (TPSA) is 93.7 Å². The molecule has 3 N–H and O–H groups in total. The van der Waals surface area contributed by atoms with Crippen molar-refractivity contribution >= 4 is 22.6 Å². The Labute approximate surface area is 175 Å². The van der Waals surface area contributed by atoms with E-state index in [1.54, 1.807) is 25.6 Å². The first kappa shape index (κ1) is 20.2. The molecule has 4 rings (SSSR count). The van der Waals surface area contributed by atoms with Crippen molar-refractivity contribution in [3.8, 4) is 5.75 Å². The van der Waals surface area contributed by atoms with Gasteiger partial charge in [-0.05, 0) is 24.3 Å². The SMILES string of the molecule is COc1ccccc1N1CCN(CC(O)CNC(=O)c2c[nH]c3ncccc23)CC1. The molecule has 1 amide bonds. The number of aliphatic hydroxyl groups is 1. The molecule has 1 aliphatic heterocycles. The number of methoxy groups -OCH3 is 1. The molecule has 1 aromatic carbocycles. The molecule has 0 radical (unpaired) electrons. The average Bonchev–Trinajstić information content (AvgIpc) is 3.22. The molecule has 1 saturated heterocycles. The number of para-hydroxylation sites is 2. The van der Waals surface area contributed by atoms with Crippen LogP contribution in [-0.2, 0) is 0 Å². The van der Waals surface area contributed by atoms with Gasteiger partial charge in [0.25, 0.3) is 5.91 Å². The fourth-order valence-electron chi connectivity index (χ4n) is 3.87. The second-order valence-corrected chi connectivity index (χ2v) is 7.43. The number of carbonyl (C=O) groups excluding carboxylic acids is 1. The van der Waals surface area contributed by atoms with Crippen LogP contribution in [-0.4, -0.2) is 78.4 Å². The van der Waals surface area contributed by atoms with Crippen LogP contribution in [0.25, 0.3) is 11.0 Å². The largest absolute Gasteiger partial charge is 0.495 e. The Balaban J connectivity index is 1.25. The normalized spacial score (nSPS) is 15.9. The number of aromatic amines is 1. The van der Waals surface area contributed by atoms with Gasteiger partial charge in [0.05, 0.1) is 24.5 Å². The van der Waals surface area contributed by atoms with Crippen LogP contribution in [0.3, 0.4) is 0 Å². The Hall–Kier alpha value is -3.10. The highest BCUT2D eigenvalue weighted by molar-refractivity contribution is 6.05. The maximum Gasteiger partial charge on any atom is 0.253 e. The number of rotatable bonds is 7. The number of pyridine rings is 1. The highest BCUT2D eigenvalue weighted by Gasteiger charge is 2.22. The third-order valence-corrected chi connectivity index (χ3v) is 5.46. The van der Waals surface area contributed by atoms with Crippen molar-refractivity contribution in [1.29, 1.82) is 0 Å². The van der Waals surface area contributed by atoms with E-state index in [9.17, 15) is 9.90 Å². The average molecular weight is 409 g/mol. The van der Waals surface area contributed by atoms with E-state index in [-0.39, 0.29) is 12.5 Å². The zero-order chi connectivity index (χ0) is 20.9. The van der Waals surface area contributed by atoms with E-state index in [4.69, 9.17) is 4.74 Å². The fourth-order valence-corrected chi connectivity index (χ4v) is 3.87. The van der Waals surface area contributed by atoms with E-state index in [0.29, 0.717) is 17.8 Å². The van der Waals surface area contributed by atoms with Gasteiger partial charge in [-0.3, -0.25) is 9.69 Å². The minimum absolute atomic E-state index is 0.207. The summed E-state index contributed by atoms with van der Waals surface area (Å²) in [5.41, 5.74) is 2.31. The number of ether oxygens (including phenoxy) is 1. The van der Waals surface area contributed by atoms with Crippen LogP contribution in [0.1, 0.15) is 10.4 Å². The van der Waals surface area contributed by atoms with Crippen molar-refractivity contribution in [2.24, 2.45) is 0 Å². The smallest absolute Gasteiger partial charge is 0.253 e. The standard InChI is InChI=1S/C22H27N5O3/c1-30-20-7-3-2-6-19(20)27-11-9-26(10-12-27)15-16(28)13-25-22(29)18-14-24-21-17(18)5-4-8-23-21/h2-8,14,16,28H,9-13,15H2,1H3,(H,23,24)(H,25,29). The summed E-state index contributed by atoms with van der Waals surface area (Å²) in [6.07, 6.45) is 2.70. The highest BCUT2D eigenvalue weighted by atomic mass is 16.5. The number of benzene rings is 1. The molecule has 0 spiro atoms. The summed E-state index contributed by atoms with van der Waals surface area (Å²) in [6.45, 7) is 4.14. The van der Waals surface area contributed by atoms with Gasteiger partial charge in [-0.25, -0.2) is 4.98 Å². The summed E-state index contributed by atoms with van der Waals surface area (Å²) >= 11 is 0. The summed E-state index contributed by atoms with van der Waals surface area (Å²) < 4.78 is 5.46. The van der Waals surface area contributed by atoms with Gasteiger partial charge in [0.1, 0.15) is 11.4 Å². The Kier molecular flexibility index (Phi) is 6.15. The number of β-amino-alcohol motifs (C(OH)–C–C–N with tert-alkyl or cyclic N) is 1. The number of fused-ring (bicyclic) bond motifs is 1. The van der Waals surface area contributed by atoms with E-state index < -0.39 is 6.10 Å². The highest BCUT2D eigenvalue weighted by Crippen LogP contribution is 2.28. The Morgan fingerprint density at radius 1 is 1.23 bits per heavy atom. The Morgan fingerprint density at radius 2 is 2.03 bits per heavy atom. The van der Waals surface area contributed by atoms with Crippen molar-refractivity contribution in [1.82, 2.24) is 20.2 Å². The van der Waals surface area contributed by atoms with E-state index in [1.165, 1.54) is 0 Å². The van der Waals surface area contributed by atoms with Gasteiger partial charge in [-0.2, -0.15) is 0 Å². The molecule has 1 atom stereocenters. The first-order valence-corrected chi connectivity index (χ1v) is 10.1. The molecule has 1 fully saturated rings. The molecule has 3 heterocycles. The molecule has 2 aromatic heterocycles. The van der Waals surface area contributed by atoms with Crippen LogP contribution in [0.5, 0.6) is 5.75 Å². The van der Waals surface area contributed by atoms with Crippen molar-refractivity contribution in [3.63, 3.8) is 0 Å². The van der Waals surface area contributed by atoms with E-state index in [2.05, 4.69) is 31.2 Å². The van der Waals surface area contributed by atoms with Crippen LogP contribution in [0.2, 0.25) is 0 Å². The number of aliphatic hydroxyl groups excluding tert-OH is 1. The summed E-state index contributed by atoms with van der Waals surface area (Å²) in [4.78, 5) is 24.2. The van der Waals surface area contributed by atoms with Gasteiger partial charge in [0.2, 0.25) is 0 Å². The quantitative estimate of drug-likeness (QED) is 0.547. The molecule has 0 saturated carbocycles. The molecule has 1 unspecified atom stereocenters. The molecule has 8 nitrogen and oxygen atoms in total. The van der Waals surface area contributed by atoms with Gasteiger partial charge >= 0.3 is 0 Å². The number of piperazine rings is 1. The summed E-state index contributed by atoms with van der Waals surface area (Å²) in [5.74, 6) is 0.662. The minimum Gasteiger partial charge on any atom is -0.495 e. The fraction of sp³-hybridized carbons (Fsp3) is 0.364. The molecule has 0 aliphatic carbocycles. The lowest BCUT2D eigenvalue weighted by Gasteiger charge is -2.37. The van der Waals surface area contributed by atoms with Crippen LogP contribution in [0, 0.1) is 0 Å². The number of nitrogens with one attached hydrogen (secondary N) is 2. The van der Waals surface area contributed by atoms with Gasteiger partial charge in [-0.15, -0.1) is 0 Å². The third kappa shape index (κ3) is 4.39. The molecule has 0 bridgehead atoms. The van der Waals surface area contributed by atoms with Gasteiger partial charge in [0.15, 0.2) is 0 Å². The number of nitrogens with zero attached hydrogens (tertiary/aromatic N) is 3. The predicted molar refractivity (Wildman–Crippen MR) is 116 cm³/mol. The molecule has 158 valence electrons. The molecule has 8 heteroatoms. The summed E-state index contributed by atoms with van der Waals surface area (Å²) in [5, 5.41) is 14.0. The lowest BCUT2D eigenvalue weighted by atomic mass is 10.2. The van der Waals surface area contributed by atoms with E-state index in [0.717, 1.165) is 43.0 Å². The maximum atomic E-state index is 12.5. The second-order valence-electron chi connectivity index (χ2n) is 7.43. The zero-order valence-electron chi connectivity index (χ0n) is 17.0. The lowest BCUT2D eigenvalue weighted by molar-refractivity contribution is 0.0853. The van der Waals surface area contributed by atoms with Crippen molar-refractivity contribution < 1.29 is 14.6 Å². The van der Waals surface area contributed by atoms with E-state index >= 15 is 0 Å². The summed E-state index contributed by atoms with van der Waals surface area (Å²) in [7, 11) is 1.69. The molecular weight excluding hydrogens is 382 g/mol. The molecular formula is C22H27N5O3. The van der Waals surface area contributed by atoms with Crippen LogP contribution < -0.4 is 15.0 Å². The van der Waals surface area contributed by atoms with Crippen molar-refractivity contribution in [3.05, 3.63) is 54.4 Å². The third-order valence-electron chi connectivity index (χ3n) is 5.46. The van der Waals surface area contributed by atoms with Crippen LogP contribution in [0.15, 0.2) is 48.8 Å². The number of anilines is 1. The molecule has 3 aromatic rings. The minimum atomic E-state index is -0.630. The van der Waals surface area contributed by atoms with E-state index in [1.807, 2.05) is 24.3 Å². The number of amides is 1. The second kappa shape index (κ2) is 9.15. The van der Waals surface area contributed by atoms with Gasteiger partial charge in [0, 0.05) is 57.0 Å². The first-order chi connectivity index (χ1) is 14.7. The molecule has 30 heavy (non-hydrogen) atoms. The number of aromatic nitrogens is 2. The van der Waals surface area contributed by atoms with Gasteiger partial charge < -0.3 is 25.0 Å². The van der Waals surface area contributed by atoms with Crippen LogP contribution in [0.4, 0.5) is 5.69 Å². The number of H-pyrrole nitrogens is 1. The maximum absolute atomic E-state index is 12.5. The number of carbonyl (C=O) groups is 1. The number of hydrogen-bond acceptors (Lipinski definition) is 6. The Morgan fingerprint density at radius 3 is 2.83 bits per heavy atom. The Bertz CT molecular complexity index is 997. The lowest BCUT2D eigenvalue weighted by Crippen LogP contribution is -2.50. The van der Waals surface area contributed by atoms with Crippen molar-refractivity contribution in [2.75, 3.05) is 51.3 Å². The first-order valence-electron chi connectivity index (χ1n) is 10.1. The van der Waals surface area contributed by atoms with Crippen LogP contribution >= 0.6 is 0 Å². The summed E-state index contributed by atoms with van der Waals surface area (Å²) in [6, 6.07) is 11.7. The zero-order valence-corrected chi connectivity index (χ0v) is 17.0. The van der Waals surface area contributed by atoms with Crippen molar-refractivity contribution in [2.45, 2.75) is 6.10 Å². The molecule has 1 aliphatic rings.